The molecule has 0 heterocycles. The summed E-state index contributed by atoms with van der Waals surface area (Å²) < 4.78 is 0. The molecule has 4 heteroatoms. The van der Waals surface area contributed by atoms with Gasteiger partial charge in [0.25, 0.3) is 0 Å². The number of aliphatic carboxylic acids is 2. The van der Waals surface area contributed by atoms with Gasteiger partial charge in [0.05, 0.1) is 10.8 Å². The predicted molar refractivity (Wildman–Crippen MR) is 119 cm³/mol. The molecule has 0 atom stereocenters. The van der Waals surface area contributed by atoms with Crippen LogP contribution in [0.5, 0.6) is 0 Å². The Morgan fingerprint density at radius 2 is 1.20 bits per heavy atom. The van der Waals surface area contributed by atoms with Crippen LogP contribution in [0, 0.1) is 17.8 Å². The molecule has 3 rings (SSSR count). The van der Waals surface area contributed by atoms with Gasteiger partial charge in [0.2, 0.25) is 0 Å². The molecule has 0 radical (unpaired) electrons. The van der Waals surface area contributed by atoms with Crippen LogP contribution in [0.2, 0.25) is 0 Å². The maximum atomic E-state index is 11.3. The summed E-state index contributed by atoms with van der Waals surface area (Å²) in [5, 5.41) is 18.5. The Kier molecular flexibility index (Phi) is 7.60. The molecule has 0 spiro atoms. The number of benzene rings is 1. The minimum Gasteiger partial charge on any atom is -0.481 e. The van der Waals surface area contributed by atoms with Crippen molar-refractivity contribution in [2.45, 2.75) is 103 Å². The summed E-state index contributed by atoms with van der Waals surface area (Å²) in [5.74, 6) is -1.19. The van der Waals surface area contributed by atoms with Gasteiger partial charge in [-0.05, 0) is 82.3 Å². The van der Waals surface area contributed by atoms with E-state index in [4.69, 9.17) is 0 Å². The first-order valence-electron chi connectivity index (χ1n) is 11.9. The van der Waals surface area contributed by atoms with E-state index < -0.39 is 11.9 Å². The molecular weight excluding hydrogens is 376 g/mol. The molecule has 2 aliphatic rings. The topological polar surface area (TPSA) is 74.6 Å². The highest BCUT2D eigenvalue weighted by atomic mass is 16.4. The molecular formula is C26H38O4. The lowest BCUT2D eigenvalue weighted by molar-refractivity contribution is -0.144. The van der Waals surface area contributed by atoms with E-state index in [1.165, 1.54) is 23.1 Å². The molecule has 2 saturated carbocycles. The number of carboxylic acids is 2. The zero-order chi connectivity index (χ0) is 21.6. The highest BCUT2D eigenvalue weighted by Crippen LogP contribution is 2.50. The van der Waals surface area contributed by atoms with Crippen molar-refractivity contribution < 1.29 is 19.8 Å². The third-order valence-corrected chi connectivity index (χ3v) is 7.43. The molecule has 0 aliphatic heterocycles. The standard InChI is InChI=1S/C26H38O4/c1-20-11-12-21(9-5-2-3-7-13-25(15-16-25)23(27)28)22(19-20)10-6-4-8-14-26(17-18-26)24(29)30/h11-12,19H,2-10,13-18H2,1H3,(H,27,28)(H,29,30). The quantitative estimate of drug-likeness (QED) is 0.329. The Labute approximate surface area is 181 Å². The zero-order valence-electron chi connectivity index (χ0n) is 18.5. The summed E-state index contributed by atoms with van der Waals surface area (Å²) >= 11 is 0. The Hall–Kier alpha value is -1.84. The second-order valence-corrected chi connectivity index (χ2v) is 9.92. The molecule has 0 aromatic heterocycles. The lowest BCUT2D eigenvalue weighted by Crippen LogP contribution is -2.14. The molecule has 0 saturated heterocycles. The van der Waals surface area contributed by atoms with Gasteiger partial charge >= 0.3 is 11.9 Å². The largest absolute Gasteiger partial charge is 0.481 e. The van der Waals surface area contributed by atoms with Crippen LogP contribution in [0.25, 0.3) is 0 Å². The number of hydrogen-bond donors (Lipinski definition) is 2. The summed E-state index contributed by atoms with van der Waals surface area (Å²) in [4.78, 5) is 22.5. The predicted octanol–water partition coefficient (Wildman–Crippen LogP) is 6.32. The Morgan fingerprint density at radius 3 is 1.70 bits per heavy atom. The summed E-state index contributed by atoms with van der Waals surface area (Å²) in [6.07, 6.45) is 15.1. The number of carbonyl (C=O) groups is 2. The fourth-order valence-electron chi connectivity index (χ4n) is 4.76. The van der Waals surface area contributed by atoms with E-state index in [-0.39, 0.29) is 10.8 Å². The van der Waals surface area contributed by atoms with Gasteiger partial charge in [-0.15, -0.1) is 0 Å². The van der Waals surface area contributed by atoms with Crippen LogP contribution >= 0.6 is 0 Å². The first-order chi connectivity index (χ1) is 14.4. The third-order valence-electron chi connectivity index (χ3n) is 7.43. The van der Waals surface area contributed by atoms with Crippen molar-refractivity contribution in [2.24, 2.45) is 10.8 Å². The van der Waals surface area contributed by atoms with Gasteiger partial charge in [-0.3, -0.25) is 9.59 Å². The van der Waals surface area contributed by atoms with Crippen molar-refractivity contribution in [3.63, 3.8) is 0 Å². The Balaban J connectivity index is 1.34. The van der Waals surface area contributed by atoms with Crippen LogP contribution < -0.4 is 0 Å². The normalized spacial score (nSPS) is 18.2. The first kappa shape index (κ1) is 22.8. The van der Waals surface area contributed by atoms with Gasteiger partial charge in [-0.25, -0.2) is 0 Å². The van der Waals surface area contributed by atoms with E-state index >= 15 is 0 Å². The maximum absolute atomic E-state index is 11.3. The second-order valence-electron chi connectivity index (χ2n) is 9.92. The van der Waals surface area contributed by atoms with E-state index in [1.54, 1.807) is 0 Å². The summed E-state index contributed by atoms with van der Waals surface area (Å²) in [7, 11) is 0. The van der Waals surface area contributed by atoms with Crippen LogP contribution in [-0.2, 0) is 22.4 Å². The van der Waals surface area contributed by atoms with E-state index in [0.29, 0.717) is 0 Å². The van der Waals surface area contributed by atoms with Gasteiger partial charge in [0.15, 0.2) is 0 Å². The van der Waals surface area contributed by atoms with Crippen molar-refractivity contribution in [1.82, 2.24) is 0 Å². The van der Waals surface area contributed by atoms with E-state index in [9.17, 15) is 19.8 Å². The minimum absolute atomic E-state index is 0.367. The first-order valence-corrected chi connectivity index (χ1v) is 11.9. The second kappa shape index (κ2) is 9.98. The fourth-order valence-corrected chi connectivity index (χ4v) is 4.76. The monoisotopic (exact) mass is 414 g/mol. The molecule has 2 aliphatic carbocycles. The van der Waals surface area contributed by atoms with Gasteiger partial charge in [0, 0.05) is 0 Å². The van der Waals surface area contributed by atoms with Gasteiger partial charge in [0.1, 0.15) is 0 Å². The zero-order valence-corrected chi connectivity index (χ0v) is 18.5. The van der Waals surface area contributed by atoms with Gasteiger partial charge < -0.3 is 10.2 Å². The summed E-state index contributed by atoms with van der Waals surface area (Å²) in [5.41, 5.74) is 3.47. The lowest BCUT2D eigenvalue weighted by atomic mass is 9.93. The molecule has 2 N–H and O–H groups in total. The lowest BCUT2D eigenvalue weighted by Gasteiger charge is -2.12. The molecule has 1 aromatic carbocycles. The SMILES string of the molecule is Cc1ccc(CCCCCCC2(C(=O)O)CC2)c(CCCCCC2(C(=O)O)CC2)c1. The summed E-state index contributed by atoms with van der Waals surface area (Å²) in [6.45, 7) is 2.15. The van der Waals surface area contributed by atoms with Crippen LogP contribution in [0.15, 0.2) is 18.2 Å². The van der Waals surface area contributed by atoms with Gasteiger partial charge in [-0.2, -0.15) is 0 Å². The van der Waals surface area contributed by atoms with Crippen molar-refractivity contribution in [3.05, 3.63) is 34.9 Å². The number of rotatable bonds is 15. The fraction of sp³-hybridized carbons (Fsp3) is 0.692. The third kappa shape index (κ3) is 6.09. The van der Waals surface area contributed by atoms with E-state index in [0.717, 1.165) is 89.9 Å². The molecule has 1 aromatic rings. The summed E-state index contributed by atoms with van der Waals surface area (Å²) in [6, 6.07) is 6.79. The number of carboxylic acid groups (broad SMARTS) is 2. The van der Waals surface area contributed by atoms with Crippen molar-refractivity contribution >= 4 is 11.9 Å². The van der Waals surface area contributed by atoms with E-state index in [2.05, 4.69) is 25.1 Å². The average Bonchev–Trinajstić information content (AvgIpc) is 3.61. The van der Waals surface area contributed by atoms with Crippen molar-refractivity contribution in [2.75, 3.05) is 0 Å². The van der Waals surface area contributed by atoms with Crippen molar-refractivity contribution in [3.8, 4) is 0 Å². The van der Waals surface area contributed by atoms with Crippen LogP contribution in [0.1, 0.15) is 100 Å². The smallest absolute Gasteiger partial charge is 0.309 e. The van der Waals surface area contributed by atoms with E-state index in [1.807, 2.05) is 0 Å². The Bertz CT molecular complexity index is 743. The average molecular weight is 415 g/mol. The van der Waals surface area contributed by atoms with Crippen molar-refractivity contribution in [1.29, 1.82) is 0 Å². The van der Waals surface area contributed by atoms with Crippen LogP contribution in [0.3, 0.4) is 0 Å². The molecule has 2 fully saturated rings. The van der Waals surface area contributed by atoms with Gasteiger partial charge in [-0.1, -0.05) is 55.9 Å². The minimum atomic E-state index is -0.598. The highest BCUT2D eigenvalue weighted by Gasteiger charge is 2.49. The molecule has 0 bridgehead atoms. The number of unbranched alkanes of at least 4 members (excludes halogenated alkanes) is 5. The van der Waals surface area contributed by atoms with Crippen LogP contribution in [0.4, 0.5) is 0 Å². The molecule has 30 heavy (non-hydrogen) atoms. The Morgan fingerprint density at radius 1 is 0.733 bits per heavy atom. The highest BCUT2D eigenvalue weighted by molar-refractivity contribution is 5.78. The molecule has 0 amide bonds. The molecule has 4 nitrogen and oxygen atoms in total. The van der Waals surface area contributed by atoms with Crippen LogP contribution in [-0.4, -0.2) is 22.2 Å². The maximum Gasteiger partial charge on any atom is 0.309 e. The molecule has 0 unspecified atom stereocenters. The number of aryl methyl sites for hydroxylation is 3. The molecule has 166 valence electrons. The number of hydrogen-bond acceptors (Lipinski definition) is 2.